The van der Waals surface area contributed by atoms with Gasteiger partial charge in [-0.2, -0.15) is 0 Å². The topological polar surface area (TPSA) is 95.9 Å². The number of nitrogens with zero attached hydrogens (tertiary/aromatic N) is 1. The maximum atomic E-state index is 11.5. The molecule has 1 fully saturated rings. The Morgan fingerprint density at radius 1 is 1.42 bits per heavy atom. The summed E-state index contributed by atoms with van der Waals surface area (Å²) >= 11 is 0. The lowest BCUT2D eigenvalue weighted by atomic mass is 9.77. The average Bonchev–Trinajstić information content (AvgIpc) is 2.38. The van der Waals surface area contributed by atoms with E-state index < -0.39 is 23.4 Å². The summed E-state index contributed by atoms with van der Waals surface area (Å²) in [6, 6.07) is 0. The van der Waals surface area contributed by atoms with Crippen molar-refractivity contribution in [1.29, 1.82) is 0 Å². The second-order valence-corrected chi connectivity index (χ2v) is 4.79. The number of nitrogens with one attached hydrogen (secondary N) is 1. The molecule has 0 spiro atoms. The third-order valence-electron chi connectivity index (χ3n) is 3.58. The molecule has 2 N–H and O–H groups in total. The van der Waals surface area contributed by atoms with E-state index >= 15 is 0 Å². The van der Waals surface area contributed by atoms with E-state index in [4.69, 9.17) is 0 Å². The first kappa shape index (κ1) is 15.4. The van der Waals surface area contributed by atoms with Gasteiger partial charge in [0, 0.05) is 6.54 Å². The number of ether oxygens (including phenoxy) is 1. The zero-order valence-electron chi connectivity index (χ0n) is 11.3. The van der Waals surface area contributed by atoms with E-state index in [-0.39, 0.29) is 6.54 Å². The monoisotopic (exact) mass is 272 g/mol. The Labute approximate surface area is 111 Å². The lowest BCUT2D eigenvalue weighted by Gasteiger charge is -2.38. The zero-order chi connectivity index (χ0) is 14.5. The third-order valence-corrected chi connectivity index (χ3v) is 3.58. The number of alkyl carbamates (subject to hydrolysis) is 1. The molecule has 19 heavy (non-hydrogen) atoms. The predicted octanol–water partition coefficient (Wildman–Crippen LogP) is 0.446. The molecule has 0 bridgehead atoms. The normalized spacial score (nSPS) is 23.7. The number of hydrogen-bond acceptors (Lipinski definition) is 5. The predicted molar refractivity (Wildman–Crippen MR) is 66.6 cm³/mol. The Morgan fingerprint density at radius 2 is 2.11 bits per heavy atom. The largest absolute Gasteiger partial charge is 0.481 e. The van der Waals surface area contributed by atoms with Gasteiger partial charge in [0.15, 0.2) is 0 Å². The van der Waals surface area contributed by atoms with Gasteiger partial charge >= 0.3 is 12.1 Å². The number of methoxy groups -OCH3 is 1. The highest BCUT2D eigenvalue weighted by molar-refractivity contribution is 5.92. The Kier molecular flexibility index (Phi) is 5.29. The van der Waals surface area contributed by atoms with E-state index in [2.05, 4.69) is 10.1 Å². The second kappa shape index (κ2) is 6.51. The summed E-state index contributed by atoms with van der Waals surface area (Å²) < 4.78 is 4.33. The molecule has 0 aliphatic carbocycles. The molecule has 1 aliphatic heterocycles. The third kappa shape index (κ3) is 3.92. The van der Waals surface area contributed by atoms with E-state index in [9.17, 15) is 19.5 Å². The van der Waals surface area contributed by atoms with Crippen LogP contribution in [0.3, 0.4) is 0 Å². The summed E-state index contributed by atoms with van der Waals surface area (Å²) in [5.41, 5.74) is -0.788. The summed E-state index contributed by atoms with van der Waals surface area (Å²) in [6.07, 6.45) is 1.07. The van der Waals surface area contributed by atoms with Gasteiger partial charge in [-0.3, -0.25) is 19.8 Å². The Hall–Kier alpha value is -1.63. The molecule has 2 amide bonds. The van der Waals surface area contributed by atoms with Crippen LogP contribution in [0.4, 0.5) is 4.79 Å². The van der Waals surface area contributed by atoms with Crippen molar-refractivity contribution in [3.05, 3.63) is 0 Å². The summed E-state index contributed by atoms with van der Waals surface area (Å²) in [5.74, 6) is -1.31. The molecule has 0 saturated carbocycles. The molecule has 1 heterocycles. The maximum absolute atomic E-state index is 11.5. The number of carbonyl (C=O) groups excluding carboxylic acids is 2. The molecule has 1 rings (SSSR count). The fourth-order valence-corrected chi connectivity index (χ4v) is 2.38. The van der Waals surface area contributed by atoms with Gasteiger partial charge < -0.3 is 9.84 Å². The highest BCUT2D eigenvalue weighted by Gasteiger charge is 2.41. The van der Waals surface area contributed by atoms with Gasteiger partial charge in [-0.05, 0) is 25.8 Å². The fraction of sp³-hybridized carbons (Fsp3) is 0.750. The van der Waals surface area contributed by atoms with Crippen molar-refractivity contribution in [1.82, 2.24) is 10.2 Å². The lowest BCUT2D eigenvalue weighted by molar-refractivity contribution is -0.153. The second-order valence-electron chi connectivity index (χ2n) is 4.79. The number of likely N-dealkylation sites (tertiary alicyclic amines) is 1. The van der Waals surface area contributed by atoms with Crippen LogP contribution in [-0.4, -0.2) is 54.7 Å². The molecular weight excluding hydrogens is 252 g/mol. The van der Waals surface area contributed by atoms with Crippen LogP contribution in [0.25, 0.3) is 0 Å². The number of carboxylic acid groups (broad SMARTS) is 1. The summed E-state index contributed by atoms with van der Waals surface area (Å²) in [5, 5.41) is 11.4. The summed E-state index contributed by atoms with van der Waals surface area (Å²) in [7, 11) is 1.18. The maximum Gasteiger partial charge on any atom is 0.413 e. The SMILES string of the molecule is CCC1(C(=O)O)CCCN(CC(=O)NC(=O)OC)C1. The minimum atomic E-state index is -0.826. The highest BCUT2D eigenvalue weighted by Crippen LogP contribution is 2.33. The van der Waals surface area contributed by atoms with Crippen LogP contribution in [0, 0.1) is 5.41 Å². The average molecular weight is 272 g/mol. The minimum Gasteiger partial charge on any atom is -0.481 e. The number of rotatable bonds is 4. The minimum absolute atomic E-state index is 0.00410. The molecule has 1 atom stereocenters. The van der Waals surface area contributed by atoms with Gasteiger partial charge in [-0.1, -0.05) is 6.92 Å². The van der Waals surface area contributed by atoms with Crippen molar-refractivity contribution in [2.75, 3.05) is 26.7 Å². The molecule has 0 radical (unpaired) electrons. The number of hydrogen-bond donors (Lipinski definition) is 2. The summed E-state index contributed by atoms with van der Waals surface area (Å²) in [6.45, 7) is 2.83. The van der Waals surface area contributed by atoms with Crippen LogP contribution in [-0.2, 0) is 14.3 Å². The van der Waals surface area contributed by atoms with Crippen LogP contribution in [0.1, 0.15) is 26.2 Å². The van der Waals surface area contributed by atoms with Gasteiger partial charge in [0.25, 0.3) is 0 Å². The molecule has 0 aromatic rings. The van der Waals surface area contributed by atoms with E-state index in [1.807, 2.05) is 6.92 Å². The number of carbonyl (C=O) groups is 3. The summed E-state index contributed by atoms with van der Waals surface area (Å²) in [4.78, 5) is 35.6. The van der Waals surface area contributed by atoms with Crippen molar-refractivity contribution >= 4 is 18.0 Å². The van der Waals surface area contributed by atoms with Gasteiger partial charge in [-0.15, -0.1) is 0 Å². The van der Waals surface area contributed by atoms with Crippen molar-refractivity contribution in [2.24, 2.45) is 5.41 Å². The first-order valence-electron chi connectivity index (χ1n) is 6.27. The Balaban J connectivity index is 2.58. The number of amides is 2. The first-order chi connectivity index (χ1) is 8.93. The van der Waals surface area contributed by atoms with Crippen LogP contribution in [0.15, 0.2) is 0 Å². The van der Waals surface area contributed by atoms with Crippen LogP contribution in [0.2, 0.25) is 0 Å². The van der Waals surface area contributed by atoms with Crippen LogP contribution < -0.4 is 5.32 Å². The van der Waals surface area contributed by atoms with Gasteiger partial charge in [-0.25, -0.2) is 4.79 Å². The van der Waals surface area contributed by atoms with Crippen molar-refractivity contribution < 1.29 is 24.2 Å². The Bertz CT molecular complexity index is 371. The Morgan fingerprint density at radius 3 is 2.63 bits per heavy atom. The van der Waals surface area contributed by atoms with Crippen molar-refractivity contribution in [2.45, 2.75) is 26.2 Å². The van der Waals surface area contributed by atoms with Crippen molar-refractivity contribution in [3.63, 3.8) is 0 Å². The molecule has 7 nitrogen and oxygen atoms in total. The van der Waals surface area contributed by atoms with Crippen molar-refractivity contribution in [3.8, 4) is 0 Å². The zero-order valence-corrected chi connectivity index (χ0v) is 11.3. The van der Waals surface area contributed by atoms with E-state index in [1.54, 1.807) is 4.90 Å². The quantitative estimate of drug-likeness (QED) is 0.771. The number of imide groups is 1. The molecular formula is C12H20N2O5. The number of carboxylic acids is 1. The smallest absolute Gasteiger partial charge is 0.413 e. The standard InChI is InChI=1S/C12H20N2O5/c1-3-12(10(16)17)5-4-6-14(8-12)7-9(15)13-11(18)19-2/h3-8H2,1-2H3,(H,16,17)(H,13,15,18). The van der Waals surface area contributed by atoms with Crippen LogP contribution in [0.5, 0.6) is 0 Å². The van der Waals surface area contributed by atoms with E-state index in [0.717, 1.165) is 6.42 Å². The molecule has 7 heteroatoms. The molecule has 1 saturated heterocycles. The van der Waals surface area contributed by atoms with Gasteiger partial charge in [0.1, 0.15) is 0 Å². The lowest BCUT2D eigenvalue weighted by Crippen LogP contribution is -2.50. The molecule has 108 valence electrons. The van der Waals surface area contributed by atoms with E-state index in [0.29, 0.717) is 25.9 Å². The first-order valence-corrected chi connectivity index (χ1v) is 6.27. The number of aliphatic carboxylic acids is 1. The molecule has 1 aliphatic rings. The molecule has 0 aromatic heterocycles. The molecule has 0 aromatic carbocycles. The number of piperidine rings is 1. The van der Waals surface area contributed by atoms with E-state index in [1.165, 1.54) is 7.11 Å². The fourth-order valence-electron chi connectivity index (χ4n) is 2.38. The van der Waals surface area contributed by atoms with Gasteiger partial charge in [0.2, 0.25) is 5.91 Å². The van der Waals surface area contributed by atoms with Crippen LogP contribution >= 0.6 is 0 Å². The van der Waals surface area contributed by atoms with Gasteiger partial charge in [0.05, 0.1) is 19.1 Å². The highest BCUT2D eigenvalue weighted by atomic mass is 16.5. The molecule has 1 unspecified atom stereocenters.